The smallest absolute Gasteiger partial charge is 0.173 e. The number of ether oxygens (including phenoxy) is 2. The number of rotatable bonds is 2. The van der Waals surface area contributed by atoms with Gasteiger partial charge >= 0.3 is 0 Å². The second-order valence-corrected chi connectivity index (χ2v) is 3.02. The van der Waals surface area contributed by atoms with Crippen molar-refractivity contribution in [2.24, 2.45) is 5.73 Å². The van der Waals surface area contributed by atoms with E-state index in [9.17, 15) is 10.2 Å². The summed E-state index contributed by atoms with van der Waals surface area (Å²) in [5.74, 6) is 0. The summed E-state index contributed by atoms with van der Waals surface area (Å²) >= 11 is 0. The molecule has 1 rings (SSSR count). The van der Waals surface area contributed by atoms with Gasteiger partial charge in [-0.15, -0.1) is 0 Å². The van der Waals surface area contributed by atoms with Gasteiger partial charge in [0.1, 0.15) is 18.3 Å². The van der Waals surface area contributed by atoms with Gasteiger partial charge in [0, 0.05) is 7.11 Å². The first kappa shape index (κ1) is 10.8. The van der Waals surface area contributed by atoms with Gasteiger partial charge in [-0.2, -0.15) is 0 Å². The molecule has 0 spiro atoms. The van der Waals surface area contributed by atoms with Crippen LogP contribution in [0.1, 0.15) is 0 Å². The van der Waals surface area contributed by atoms with Gasteiger partial charge in [0.2, 0.25) is 0 Å². The molecule has 6 nitrogen and oxygen atoms in total. The molecule has 0 bridgehead atoms. The lowest BCUT2D eigenvalue weighted by atomic mass is 9.98. The van der Waals surface area contributed by atoms with Gasteiger partial charge in [-0.05, 0) is 0 Å². The van der Waals surface area contributed by atoms with E-state index in [0.717, 1.165) is 0 Å². The average molecular weight is 193 g/mol. The Labute approximate surface area is 75.9 Å². The molecule has 1 fully saturated rings. The van der Waals surface area contributed by atoms with E-state index in [1.165, 1.54) is 7.11 Å². The molecule has 1 aliphatic heterocycles. The third-order valence-corrected chi connectivity index (χ3v) is 2.19. The Morgan fingerprint density at radius 2 is 2.08 bits per heavy atom. The van der Waals surface area contributed by atoms with Crippen LogP contribution in [0.3, 0.4) is 0 Å². The van der Waals surface area contributed by atoms with Gasteiger partial charge in [-0.25, -0.2) is 0 Å². The van der Waals surface area contributed by atoms with Gasteiger partial charge in [0.25, 0.3) is 0 Å². The van der Waals surface area contributed by atoms with E-state index >= 15 is 0 Å². The molecular weight excluding hydrogens is 178 g/mol. The molecule has 5 N–H and O–H groups in total. The highest BCUT2D eigenvalue weighted by atomic mass is 16.6. The van der Waals surface area contributed by atoms with E-state index < -0.39 is 30.6 Å². The summed E-state index contributed by atoms with van der Waals surface area (Å²) in [7, 11) is 1.38. The minimum Gasteiger partial charge on any atom is -0.394 e. The molecule has 0 aromatic heterocycles. The van der Waals surface area contributed by atoms with Crippen LogP contribution in [0, 0.1) is 0 Å². The average Bonchev–Trinajstić information content (AvgIpc) is 2.12. The predicted molar refractivity (Wildman–Crippen MR) is 42.7 cm³/mol. The maximum absolute atomic E-state index is 9.52. The fourth-order valence-electron chi connectivity index (χ4n) is 1.40. The van der Waals surface area contributed by atoms with Gasteiger partial charge in [0.05, 0.1) is 12.6 Å². The van der Waals surface area contributed by atoms with Crippen LogP contribution in [-0.4, -0.2) is 59.7 Å². The molecule has 0 aromatic rings. The maximum atomic E-state index is 9.52. The minimum atomic E-state index is -1.22. The highest BCUT2D eigenvalue weighted by Gasteiger charge is 2.42. The first-order valence-electron chi connectivity index (χ1n) is 4.02. The lowest BCUT2D eigenvalue weighted by Gasteiger charge is -2.39. The van der Waals surface area contributed by atoms with E-state index in [0.29, 0.717) is 0 Å². The molecule has 5 atom stereocenters. The quantitative estimate of drug-likeness (QED) is 0.383. The van der Waals surface area contributed by atoms with Crippen molar-refractivity contribution < 1.29 is 24.8 Å². The molecule has 13 heavy (non-hydrogen) atoms. The number of hydrogen-bond donors (Lipinski definition) is 4. The first-order valence-corrected chi connectivity index (χ1v) is 4.02. The Bertz CT molecular complexity index is 167. The summed E-state index contributed by atoms with van der Waals surface area (Å²) in [6, 6.07) is -0.803. The van der Waals surface area contributed by atoms with Crippen molar-refractivity contribution in [2.45, 2.75) is 30.6 Å². The fraction of sp³-hybridized carbons (Fsp3) is 1.00. The Morgan fingerprint density at radius 3 is 2.54 bits per heavy atom. The zero-order valence-corrected chi connectivity index (χ0v) is 7.33. The third kappa shape index (κ3) is 1.98. The van der Waals surface area contributed by atoms with Gasteiger partial charge < -0.3 is 30.5 Å². The highest BCUT2D eigenvalue weighted by molar-refractivity contribution is 4.91. The standard InChI is InChI=1S/C7H15NO5/c1-12-6-4(8)7(11)13-3(2-9)5(6)10/h3-7,9-11H,2,8H2,1H3/t3-,4-,5-,6-,7?/m1/s1. The van der Waals surface area contributed by atoms with Crippen LogP contribution >= 0.6 is 0 Å². The fourth-order valence-corrected chi connectivity index (χ4v) is 1.40. The number of nitrogens with two attached hydrogens (primary N) is 1. The third-order valence-electron chi connectivity index (χ3n) is 2.19. The second-order valence-electron chi connectivity index (χ2n) is 3.02. The Hall–Kier alpha value is -0.240. The molecule has 0 saturated carbocycles. The number of methoxy groups -OCH3 is 1. The van der Waals surface area contributed by atoms with Crippen LogP contribution in [0.25, 0.3) is 0 Å². The van der Waals surface area contributed by atoms with Gasteiger partial charge in [-0.1, -0.05) is 0 Å². The molecule has 0 radical (unpaired) electrons. The number of hydrogen-bond acceptors (Lipinski definition) is 6. The summed E-state index contributed by atoms with van der Waals surface area (Å²) < 4.78 is 9.73. The summed E-state index contributed by atoms with van der Waals surface area (Å²) in [5.41, 5.74) is 5.50. The van der Waals surface area contributed by atoms with E-state index in [-0.39, 0.29) is 6.61 Å². The topological polar surface area (TPSA) is 105 Å². The van der Waals surface area contributed by atoms with Crippen LogP contribution in [0.4, 0.5) is 0 Å². The summed E-state index contributed by atoms with van der Waals surface area (Å²) in [6.07, 6.45) is -3.81. The number of aliphatic hydroxyl groups excluding tert-OH is 3. The normalized spacial score (nSPS) is 46.4. The second kappa shape index (κ2) is 4.32. The number of aliphatic hydroxyl groups is 3. The van der Waals surface area contributed by atoms with E-state index in [1.807, 2.05) is 0 Å². The van der Waals surface area contributed by atoms with Crippen molar-refractivity contribution >= 4 is 0 Å². The molecule has 0 amide bonds. The van der Waals surface area contributed by atoms with Crippen molar-refractivity contribution in [3.8, 4) is 0 Å². The van der Waals surface area contributed by atoms with Crippen molar-refractivity contribution in [3.05, 3.63) is 0 Å². The predicted octanol–water partition coefficient (Wildman–Crippen LogP) is -2.60. The Morgan fingerprint density at radius 1 is 1.46 bits per heavy atom. The SMILES string of the molecule is CO[C@H]1[C@H](O)[C@@H](CO)OC(O)[C@@H]1N. The Balaban J connectivity index is 2.69. The lowest BCUT2D eigenvalue weighted by molar-refractivity contribution is -0.253. The zero-order chi connectivity index (χ0) is 10.0. The molecular formula is C7H15NO5. The van der Waals surface area contributed by atoms with Crippen LogP contribution in [0.2, 0.25) is 0 Å². The molecule has 1 unspecified atom stereocenters. The van der Waals surface area contributed by atoms with Crippen molar-refractivity contribution in [1.29, 1.82) is 0 Å². The van der Waals surface area contributed by atoms with E-state index in [1.54, 1.807) is 0 Å². The van der Waals surface area contributed by atoms with Crippen LogP contribution in [-0.2, 0) is 9.47 Å². The van der Waals surface area contributed by atoms with Gasteiger partial charge in [-0.3, -0.25) is 0 Å². The molecule has 1 saturated heterocycles. The van der Waals surface area contributed by atoms with Crippen molar-refractivity contribution in [1.82, 2.24) is 0 Å². The summed E-state index contributed by atoms with van der Waals surface area (Å²) in [5, 5.41) is 27.6. The highest BCUT2D eigenvalue weighted by Crippen LogP contribution is 2.20. The summed E-state index contributed by atoms with van der Waals surface area (Å²) in [4.78, 5) is 0. The van der Waals surface area contributed by atoms with E-state index in [4.69, 9.17) is 20.3 Å². The van der Waals surface area contributed by atoms with Crippen molar-refractivity contribution in [3.63, 3.8) is 0 Å². The van der Waals surface area contributed by atoms with Crippen LogP contribution in [0.15, 0.2) is 0 Å². The van der Waals surface area contributed by atoms with Crippen LogP contribution < -0.4 is 5.73 Å². The zero-order valence-electron chi connectivity index (χ0n) is 7.33. The van der Waals surface area contributed by atoms with Crippen LogP contribution in [0.5, 0.6) is 0 Å². The molecule has 1 heterocycles. The van der Waals surface area contributed by atoms with E-state index in [2.05, 4.69) is 0 Å². The molecule has 0 aliphatic carbocycles. The molecule has 6 heteroatoms. The monoisotopic (exact) mass is 193 g/mol. The molecule has 1 aliphatic rings. The largest absolute Gasteiger partial charge is 0.394 e. The molecule has 78 valence electrons. The summed E-state index contributed by atoms with van der Waals surface area (Å²) in [6.45, 7) is -0.384. The van der Waals surface area contributed by atoms with Crippen molar-refractivity contribution in [2.75, 3.05) is 13.7 Å². The Kier molecular flexibility index (Phi) is 3.60. The van der Waals surface area contributed by atoms with Gasteiger partial charge in [0.15, 0.2) is 6.29 Å². The maximum Gasteiger partial charge on any atom is 0.173 e. The first-order chi connectivity index (χ1) is 6.11. The molecule has 0 aromatic carbocycles. The lowest BCUT2D eigenvalue weighted by Crippen LogP contribution is -2.62. The minimum absolute atomic E-state index is 0.384.